The Labute approximate surface area is 303 Å². The number of fused-ring (bicyclic) bond motifs is 1. The number of nitrogens with one attached hydrogen (secondary N) is 1. The summed E-state index contributed by atoms with van der Waals surface area (Å²) in [5, 5.41) is 13.6. The molecule has 1 unspecified atom stereocenters. The predicted molar refractivity (Wildman–Crippen MR) is 191 cm³/mol. The molecule has 2 N–H and O–H groups in total. The second kappa shape index (κ2) is 13.0. The van der Waals surface area contributed by atoms with Crippen molar-refractivity contribution in [3.05, 3.63) is 24.0 Å². The first kappa shape index (κ1) is 34.9. The Morgan fingerprint density at radius 1 is 1.04 bits per heavy atom. The molecule has 8 rings (SSSR count). The molecule has 13 nitrogen and oxygen atoms in total. The van der Waals surface area contributed by atoms with Crippen LogP contribution < -0.4 is 10.2 Å². The number of carbonyl (C=O) groups excluding carboxylic acids is 3. The van der Waals surface area contributed by atoms with Crippen LogP contribution in [0.15, 0.2) is 24.0 Å². The number of aliphatic hydroxyl groups is 1. The minimum absolute atomic E-state index is 0.00446. The minimum Gasteiger partial charge on any atom is -0.396 e. The van der Waals surface area contributed by atoms with Crippen molar-refractivity contribution in [3.8, 4) is 0 Å². The Kier molecular flexibility index (Phi) is 8.91. The Balaban J connectivity index is 1.03. The zero-order chi connectivity index (χ0) is 35.6. The molecule has 51 heavy (non-hydrogen) atoms. The maximum Gasteiger partial charge on any atom is 0.247 e. The monoisotopic (exact) mass is 721 g/mol. The standard InChI is InChI=1S/C37H51N7O6S/c1-24(50-21-36(20-45)7-5-4-6-8-36)27(33(48)43-15-35(16-43)9-11-49-12-10-35)41-31(46)26-14-42(30-28-29(38-22-39-30)40-23-51-28)17-37(26)18-44(19-37)32(47)25-13-34(25,2)3/h4-5,22-27,45H,6-21H2,1-3H3,(H,41,46)/t24-,25-,26+,27+,36?/m1/s1. The van der Waals surface area contributed by atoms with E-state index < -0.39 is 28.9 Å². The molecule has 276 valence electrons. The molecule has 0 bridgehead atoms. The topological polar surface area (TPSA) is 150 Å². The lowest BCUT2D eigenvalue weighted by Crippen LogP contribution is -2.67. The molecule has 6 heterocycles. The summed E-state index contributed by atoms with van der Waals surface area (Å²) in [6.45, 7) is 11.0. The van der Waals surface area contributed by atoms with Crippen molar-refractivity contribution < 1.29 is 29.0 Å². The van der Waals surface area contributed by atoms with Gasteiger partial charge in [0.05, 0.1) is 30.7 Å². The van der Waals surface area contributed by atoms with Gasteiger partial charge in [-0.15, -0.1) is 11.3 Å². The first-order valence-corrected chi connectivity index (χ1v) is 19.5. The lowest BCUT2D eigenvalue weighted by molar-refractivity contribution is -0.160. The van der Waals surface area contributed by atoms with Gasteiger partial charge in [0, 0.05) is 74.6 Å². The largest absolute Gasteiger partial charge is 0.396 e. The van der Waals surface area contributed by atoms with Gasteiger partial charge in [-0.3, -0.25) is 14.4 Å². The SMILES string of the molecule is C[C@@H](OCC1(CO)CC=CCC1)[C@H](NC(=O)[C@@H]1CN(c2ncnc3ncsc23)CC12CN(C(=O)[C@H]1CC1(C)C)C2)C(=O)N1CC2(CCOCC2)C1. The molecule has 5 atom stereocenters. The fraction of sp³-hybridized carbons (Fsp3) is 0.730. The van der Waals surface area contributed by atoms with Gasteiger partial charge in [0.1, 0.15) is 17.1 Å². The number of hydrogen-bond acceptors (Lipinski definition) is 11. The number of hydrogen-bond donors (Lipinski definition) is 2. The van der Waals surface area contributed by atoms with Crippen molar-refractivity contribution in [1.82, 2.24) is 30.1 Å². The van der Waals surface area contributed by atoms with Crippen LogP contribution in [-0.4, -0.2) is 125 Å². The van der Waals surface area contributed by atoms with E-state index in [-0.39, 0.29) is 41.1 Å². The number of nitrogens with zero attached hydrogens (tertiary/aromatic N) is 6. The first-order valence-electron chi connectivity index (χ1n) is 18.6. The summed E-state index contributed by atoms with van der Waals surface area (Å²) in [4.78, 5) is 61.7. The third-order valence-corrected chi connectivity index (χ3v) is 13.8. The van der Waals surface area contributed by atoms with E-state index in [4.69, 9.17) is 9.47 Å². The Morgan fingerprint density at radius 3 is 2.49 bits per heavy atom. The maximum absolute atomic E-state index is 14.7. The zero-order valence-corrected chi connectivity index (χ0v) is 30.8. The van der Waals surface area contributed by atoms with Crippen LogP contribution in [0.5, 0.6) is 0 Å². The minimum atomic E-state index is -0.895. The molecule has 4 aliphatic heterocycles. The third-order valence-electron chi connectivity index (χ3n) is 13.0. The van der Waals surface area contributed by atoms with E-state index >= 15 is 0 Å². The molecule has 0 radical (unpaired) electrons. The van der Waals surface area contributed by atoms with Gasteiger partial charge in [-0.1, -0.05) is 26.0 Å². The summed E-state index contributed by atoms with van der Waals surface area (Å²) in [5.74, 6) is 0.101. The molecule has 5 fully saturated rings. The number of aromatic nitrogens is 3. The average Bonchev–Trinajstić information content (AvgIpc) is 3.43. The van der Waals surface area contributed by atoms with E-state index in [9.17, 15) is 19.5 Å². The Bertz CT molecular complexity index is 1690. The van der Waals surface area contributed by atoms with Gasteiger partial charge in [-0.05, 0) is 50.9 Å². The average molecular weight is 722 g/mol. The van der Waals surface area contributed by atoms with Crippen molar-refractivity contribution in [3.63, 3.8) is 0 Å². The second-order valence-corrected chi connectivity index (χ2v) is 18.0. The molecule has 6 aliphatic rings. The lowest BCUT2D eigenvalue weighted by atomic mass is 9.70. The number of thiazole rings is 1. The second-order valence-electron chi connectivity index (χ2n) is 17.1. The van der Waals surface area contributed by atoms with Crippen LogP contribution in [0.3, 0.4) is 0 Å². The van der Waals surface area contributed by atoms with Gasteiger partial charge in [0.2, 0.25) is 17.7 Å². The highest BCUT2D eigenvalue weighted by Crippen LogP contribution is 2.55. The highest BCUT2D eigenvalue weighted by atomic mass is 32.1. The molecule has 2 aromatic heterocycles. The number of ether oxygens (including phenoxy) is 2. The number of allylic oxidation sites excluding steroid dienone is 2. The summed E-state index contributed by atoms with van der Waals surface area (Å²) in [7, 11) is 0. The molecular weight excluding hydrogens is 671 g/mol. The number of amides is 3. The van der Waals surface area contributed by atoms with Crippen LogP contribution in [-0.2, 0) is 23.9 Å². The summed E-state index contributed by atoms with van der Waals surface area (Å²) in [5.41, 5.74) is 1.57. The fourth-order valence-corrected chi connectivity index (χ4v) is 9.99. The highest BCUT2D eigenvalue weighted by Gasteiger charge is 2.62. The van der Waals surface area contributed by atoms with Crippen LogP contribution in [0.1, 0.15) is 59.3 Å². The van der Waals surface area contributed by atoms with Crippen molar-refractivity contribution in [2.24, 2.45) is 33.5 Å². The van der Waals surface area contributed by atoms with Crippen LogP contribution in [0.25, 0.3) is 10.3 Å². The molecule has 2 aromatic rings. The first-order chi connectivity index (χ1) is 24.5. The summed E-state index contributed by atoms with van der Waals surface area (Å²) in [6, 6.07) is -0.895. The summed E-state index contributed by atoms with van der Waals surface area (Å²) >= 11 is 1.47. The van der Waals surface area contributed by atoms with Crippen molar-refractivity contribution in [2.45, 2.75) is 71.4 Å². The normalized spacial score (nSPS) is 29.8. The number of anilines is 1. The smallest absolute Gasteiger partial charge is 0.247 e. The molecular formula is C37H51N7O6S. The summed E-state index contributed by atoms with van der Waals surface area (Å²) < 4.78 is 12.9. The van der Waals surface area contributed by atoms with Gasteiger partial charge in [0.25, 0.3) is 0 Å². The Morgan fingerprint density at radius 2 is 1.80 bits per heavy atom. The molecule has 3 amide bonds. The number of aliphatic hydroxyl groups excluding tert-OH is 1. The lowest BCUT2D eigenvalue weighted by Gasteiger charge is -2.53. The molecule has 4 saturated heterocycles. The quantitative estimate of drug-likeness (QED) is 0.351. The van der Waals surface area contributed by atoms with Gasteiger partial charge < -0.3 is 34.6 Å². The van der Waals surface area contributed by atoms with Crippen LogP contribution in [0, 0.1) is 33.5 Å². The van der Waals surface area contributed by atoms with Crippen LogP contribution in [0.4, 0.5) is 5.82 Å². The van der Waals surface area contributed by atoms with Crippen molar-refractivity contribution in [2.75, 3.05) is 70.6 Å². The fourth-order valence-electron chi connectivity index (χ4n) is 9.24. The van der Waals surface area contributed by atoms with Gasteiger partial charge in [-0.25, -0.2) is 15.0 Å². The number of carbonyl (C=O) groups is 3. The number of rotatable bonds is 10. The van der Waals surface area contributed by atoms with E-state index in [1.807, 2.05) is 16.7 Å². The van der Waals surface area contributed by atoms with E-state index in [2.05, 4.69) is 51.2 Å². The maximum atomic E-state index is 14.7. The van der Waals surface area contributed by atoms with Crippen molar-refractivity contribution in [1.29, 1.82) is 0 Å². The predicted octanol–water partition coefficient (Wildman–Crippen LogP) is 2.64. The van der Waals surface area contributed by atoms with Gasteiger partial charge in [0.15, 0.2) is 11.5 Å². The van der Waals surface area contributed by atoms with Crippen LogP contribution >= 0.6 is 11.3 Å². The molecule has 14 heteroatoms. The molecule has 2 aliphatic carbocycles. The van der Waals surface area contributed by atoms with E-state index in [1.165, 1.54) is 17.7 Å². The molecule has 2 spiro atoms. The van der Waals surface area contributed by atoms with Gasteiger partial charge in [-0.2, -0.15) is 0 Å². The highest BCUT2D eigenvalue weighted by molar-refractivity contribution is 7.17. The van der Waals surface area contributed by atoms with Gasteiger partial charge >= 0.3 is 0 Å². The van der Waals surface area contributed by atoms with Crippen molar-refractivity contribution >= 4 is 45.2 Å². The van der Waals surface area contributed by atoms with E-state index in [0.29, 0.717) is 71.2 Å². The number of likely N-dealkylation sites (tertiary alicyclic amines) is 2. The summed E-state index contributed by atoms with van der Waals surface area (Å²) in [6.07, 6.45) is 10.2. The third kappa shape index (κ3) is 6.33. The Hall–Kier alpha value is -3.20. The molecule has 1 saturated carbocycles. The van der Waals surface area contributed by atoms with E-state index in [0.717, 1.165) is 42.6 Å². The van der Waals surface area contributed by atoms with Crippen LogP contribution in [0.2, 0.25) is 0 Å². The molecule has 0 aromatic carbocycles. The van der Waals surface area contributed by atoms with E-state index in [1.54, 1.807) is 5.51 Å². The zero-order valence-electron chi connectivity index (χ0n) is 30.0.